The van der Waals surface area contributed by atoms with E-state index in [2.05, 4.69) is 0 Å². The molecule has 7 heteroatoms. The van der Waals surface area contributed by atoms with Gasteiger partial charge in [0, 0.05) is 36.5 Å². The van der Waals surface area contributed by atoms with Crippen molar-refractivity contribution in [1.29, 1.82) is 0 Å². The van der Waals surface area contributed by atoms with E-state index in [0.717, 1.165) is 19.3 Å². The minimum absolute atomic E-state index is 0.0349. The molecule has 0 saturated heterocycles. The number of amides is 1. The molecular weight excluding hydrogens is 288 g/mol. The molecule has 0 unspecified atom stereocenters. The molecule has 1 aromatic rings. The molecular formula is C12H17ClN2O3S. The summed E-state index contributed by atoms with van der Waals surface area (Å²) in [6.45, 7) is 2.71. The van der Waals surface area contributed by atoms with E-state index in [9.17, 15) is 13.2 Å². The Balaban J connectivity index is 2.30. The molecule has 0 atom stereocenters. The molecule has 19 heavy (non-hydrogen) atoms. The highest BCUT2D eigenvalue weighted by atomic mass is 35.7. The lowest BCUT2D eigenvalue weighted by atomic mass is 10.3. The first-order chi connectivity index (χ1) is 8.84. The van der Waals surface area contributed by atoms with E-state index < -0.39 is 9.05 Å². The van der Waals surface area contributed by atoms with E-state index in [0.29, 0.717) is 18.3 Å². The number of aryl methyl sites for hydroxylation is 1. The molecule has 0 radical (unpaired) electrons. The third kappa shape index (κ3) is 3.12. The second kappa shape index (κ2) is 5.17. The van der Waals surface area contributed by atoms with Crippen LogP contribution in [-0.2, 0) is 16.1 Å². The third-order valence-corrected chi connectivity index (χ3v) is 4.51. The van der Waals surface area contributed by atoms with Crippen LogP contribution in [0.25, 0.3) is 0 Å². The second-order valence-corrected chi connectivity index (χ2v) is 7.41. The van der Waals surface area contributed by atoms with Gasteiger partial charge in [0.05, 0.1) is 0 Å². The molecule has 0 bridgehead atoms. The zero-order chi connectivity index (χ0) is 14.2. The Morgan fingerprint density at radius 2 is 2.16 bits per heavy atom. The first-order valence-electron chi connectivity index (χ1n) is 6.26. The molecule has 106 valence electrons. The number of nitrogens with zero attached hydrogens (tertiary/aromatic N) is 2. The Labute approximate surface area is 117 Å². The van der Waals surface area contributed by atoms with Gasteiger partial charge in [-0.3, -0.25) is 4.79 Å². The fraction of sp³-hybridized carbons (Fsp3) is 0.583. The van der Waals surface area contributed by atoms with E-state index in [1.54, 1.807) is 7.05 Å². The Bertz CT molecular complexity index is 590. The van der Waals surface area contributed by atoms with Gasteiger partial charge in [-0.15, -0.1) is 0 Å². The SMILES string of the molecule is CCCN(C(=O)c1cc(S(=O)(=O)Cl)cn1C)C1CC1. The van der Waals surface area contributed by atoms with Crippen molar-refractivity contribution < 1.29 is 13.2 Å². The Morgan fingerprint density at radius 3 is 2.58 bits per heavy atom. The van der Waals surface area contributed by atoms with E-state index in [1.165, 1.54) is 16.8 Å². The maximum absolute atomic E-state index is 12.4. The smallest absolute Gasteiger partial charge is 0.270 e. The first kappa shape index (κ1) is 14.4. The number of halogens is 1. The van der Waals surface area contributed by atoms with Crippen LogP contribution in [-0.4, -0.2) is 36.4 Å². The molecule has 1 aliphatic rings. The van der Waals surface area contributed by atoms with E-state index in [1.807, 2.05) is 11.8 Å². The van der Waals surface area contributed by atoms with Gasteiger partial charge in [0.15, 0.2) is 0 Å². The summed E-state index contributed by atoms with van der Waals surface area (Å²) < 4.78 is 24.1. The van der Waals surface area contributed by atoms with E-state index >= 15 is 0 Å². The average Bonchev–Trinajstić information content (AvgIpc) is 3.06. The molecule has 2 rings (SSSR count). The Hall–Kier alpha value is -1.01. The van der Waals surface area contributed by atoms with Gasteiger partial charge in [-0.05, 0) is 25.3 Å². The summed E-state index contributed by atoms with van der Waals surface area (Å²) in [5.74, 6) is -0.126. The molecule has 0 aromatic carbocycles. The standard InChI is InChI=1S/C12H17ClN2O3S/c1-3-6-15(9-4-5-9)12(16)11-7-10(8-14(11)2)19(13,17)18/h7-9H,3-6H2,1-2H3. The highest BCUT2D eigenvalue weighted by Crippen LogP contribution is 2.29. The summed E-state index contributed by atoms with van der Waals surface area (Å²) in [7, 11) is 3.15. The van der Waals surface area contributed by atoms with Crippen molar-refractivity contribution in [1.82, 2.24) is 9.47 Å². The molecule has 0 N–H and O–H groups in total. The van der Waals surface area contributed by atoms with Gasteiger partial charge >= 0.3 is 0 Å². The van der Waals surface area contributed by atoms with Gasteiger partial charge in [-0.25, -0.2) is 8.42 Å². The lowest BCUT2D eigenvalue weighted by molar-refractivity contribution is 0.0733. The van der Waals surface area contributed by atoms with Gasteiger partial charge in [0.1, 0.15) is 10.6 Å². The van der Waals surface area contributed by atoms with Gasteiger partial charge < -0.3 is 9.47 Å². The summed E-state index contributed by atoms with van der Waals surface area (Å²) in [6, 6.07) is 1.65. The molecule has 1 fully saturated rings. The van der Waals surface area contributed by atoms with Crippen molar-refractivity contribution in [3.05, 3.63) is 18.0 Å². The fourth-order valence-corrected chi connectivity index (χ4v) is 2.89. The van der Waals surface area contributed by atoms with Gasteiger partial charge in [-0.1, -0.05) is 6.92 Å². The van der Waals surface area contributed by atoms with Crippen molar-refractivity contribution in [3.8, 4) is 0 Å². The van der Waals surface area contributed by atoms with Crippen molar-refractivity contribution in [2.24, 2.45) is 7.05 Å². The Kier molecular flexibility index (Phi) is 3.92. The molecule has 1 aliphatic carbocycles. The van der Waals surface area contributed by atoms with Crippen LogP contribution in [0.5, 0.6) is 0 Å². The predicted octanol–water partition coefficient (Wildman–Crippen LogP) is 1.97. The van der Waals surface area contributed by atoms with Crippen LogP contribution in [0.2, 0.25) is 0 Å². The zero-order valence-corrected chi connectivity index (χ0v) is 12.5. The number of aromatic nitrogens is 1. The maximum Gasteiger partial charge on any atom is 0.270 e. The lowest BCUT2D eigenvalue weighted by Gasteiger charge is -2.21. The summed E-state index contributed by atoms with van der Waals surface area (Å²) >= 11 is 0. The molecule has 1 aromatic heterocycles. The Morgan fingerprint density at radius 1 is 1.53 bits per heavy atom. The number of hydrogen-bond acceptors (Lipinski definition) is 3. The quantitative estimate of drug-likeness (QED) is 0.781. The lowest BCUT2D eigenvalue weighted by Crippen LogP contribution is -2.34. The van der Waals surface area contributed by atoms with Crippen molar-refractivity contribution in [2.75, 3.05) is 6.54 Å². The maximum atomic E-state index is 12.4. The van der Waals surface area contributed by atoms with Gasteiger partial charge in [-0.2, -0.15) is 0 Å². The van der Waals surface area contributed by atoms with Crippen LogP contribution in [0.1, 0.15) is 36.7 Å². The highest BCUT2D eigenvalue weighted by molar-refractivity contribution is 8.13. The van der Waals surface area contributed by atoms with E-state index in [-0.39, 0.29) is 10.8 Å². The van der Waals surface area contributed by atoms with Crippen molar-refractivity contribution in [2.45, 2.75) is 37.1 Å². The average molecular weight is 305 g/mol. The highest BCUT2D eigenvalue weighted by Gasteiger charge is 2.33. The summed E-state index contributed by atoms with van der Waals surface area (Å²) in [4.78, 5) is 14.2. The van der Waals surface area contributed by atoms with Crippen LogP contribution in [0, 0.1) is 0 Å². The fourth-order valence-electron chi connectivity index (χ4n) is 2.10. The number of carbonyl (C=O) groups is 1. The van der Waals surface area contributed by atoms with Crippen LogP contribution in [0.4, 0.5) is 0 Å². The van der Waals surface area contributed by atoms with Crippen LogP contribution in [0.3, 0.4) is 0 Å². The van der Waals surface area contributed by atoms with Crippen LogP contribution < -0.4 is 0 Å². The molecule has 1 amide bonds. The minimum Gasteiger partial charge on any atom is -0.345 e. The summed E-state index contributed by atoms with van der Waals surface area (Å²) in [6.07, 6.45) is 4.30. The molecule has 0 spiro atoms. The monoisotopic (exact) mass is 304 g/mol. The normalized spacial score (nSPS) is 15.5. The van der Waals surface area contributed by atoms with Crippen molar-refractivity contribution >= 4 is 25.6 Å². The van der Waals surface area contributed by atoms with Gasteiger partial charge in [0.2, 0.25) is 0 Å². The van der Waals surface area contributed by atoms with Crippen LogP contribution in [0.15, 0.2) is 17.2 Å². The topological polar surface area (TPSA) is 59.4 Å². The predicted molar refractivity (Wildman–Crippen MR) is 72.8 cm³/mol. The second-order valence-electron chi connectivity index (χ2n) is 4.84. The first-order valence-corrected chi connectivity index (χ1v) is 8.57. The zero-order valence-electron chi connectivity index (χ0n) is 11.0. The summed E-state index contributed by atoms with van der Waals surface area (Å²) in [5, 5.41) is 0. The summed E-state index contributed by atoms with van der Waals surface area (Å²) in [5.41, 5.74) is 0.361. The molecule has 0 aliphatic heterocycles. The number of rotatable bonds is 5. The van der Waals surface area contributed by atoms with Gasteiger partial charge in [0.25, 0.3) is 15.0 Å². The number of hydrogen-bond donors (Lipinski definition) is 0. The minimum atomic E-state index is -3.80. The van der Waals surface area contributed by atoms with E-state index in [4.69, 9.17) is 10.7 Å². The molecule has 5 nitrogen and oxygen atoms in total. The number of carbonyl (C=O) groups excluding carboxylic acids is 1. The van der Waals surface area contributed by atoms with Crippen molar-refractivity contribution in [3.63, 3.8) is 0 Å². The molecule has 1 saturated carbocycles. The van der Waals surface area contributed by atoms with Crippen LogP contribution >= 0.6 is 10.7 Å². The largest absolute Gasteiger partial charge is 0.345 e. The molecule has 1 heterocycles. The third-order valence-electron chi connectivity index (χ3n) is 3.19.